The Balaban J connectivity index is 2.00. The van der Waals surface area contributed by atoms with Crippen LogP contribution >= 0.6 is 11.6 Å². The molecule has 1 nitrogen and oxygen atoms in total. The molecule has 1 aliphatic heterocycles. The van der Waals surface area contributed by atoms with Crippen molar-refractivity contribution < 1.29 is 4.74 Å². The highest BCUT2D eigenvalue weighted by Gasteiger charge is 2.33. The van der Waals surface area contributed by atoms with Crippen LogP contribution in [0.4, 0.5) is 0 Å². The first-order valence-corrected chi connectivity index (χ1v) is 4.53. The molecule has 0 aromatic heterocycles. The molecule has 12 heavy (non-hydrogen) atoms. The molecular weight excluding hydrogens is 172 g/mol. The maximum Gasteiger partial charge on any atom is 0.0879 e. The Labute approximate surface area is 77.3 Å². The van der Waals surface area contributed by atoms with Crippen molar-refractivity contribution in [3.63, 3.8) is 0 Å². The summed E-state index contributed by atoms with van der Waals surface area (Å²) < 4.78 is 5.32. The molecule has 0 aliphatic carbocycles. The van der Waals surface area contributed by atoms with E-state index >= 15 is 0 Å². The van der Waals surface area contributed by atoms with Crippen molar-refractivity contribution >= 4 is 11.6 Å². The number of ether oxygens (including phenoxy) is 1. The summed E-state index contributed by atoms with van der Waals surface area (Å²) in [7, 11) is 0. The van der Waals surface area contributed by atoms with Gasteiger partial charge in [-0.05, 0) is 24.6 Å². The molecule has 1 aromatic rings. The fraction of sp³-hybridized carbons (Fsp3) is 0.400. The van der Waals surface area contributed by atoms with Gasteiger partial charge in [0.15, 0.2) is 0 Å². The van der Waals surface area contributed by atoms with Crippen molar-refractivity contribution in [3.8, 4) is 0 Å². The van der Waals surface area contributed by atoms with E-state index in [0.717, 1.165) is 11.4 Å². The summed E-state index contributed by atoms with van der Waals surface area (Å²) in [6, 6.07) is 7.95. The second-order valence-electron chi connectivity index (χ2n) is 3.21. The predicted molar refractivity (Wildman–Crippen MR) is 49.5 cm³/mol. The second-order valence-corrected chi connectivity index (χ2v) is 3.65. The van der Waals surface area contributed by atoms with Crippen LogP contribution in [0.25, 0.3) is 0 Å². The molecule has 1 aromatic carbocycles. The molecule has 1 saturated heterocycles. The zero-order valence-electron chi connectivity index (χ0n) is 6.96. The molecule has 0 bridgehead atoms. The average molecular weight is 183 g/mol. The highest BCUT2D eigenvalue weighted by atomic mass is 35.5. The Morgan fingerprint density at radius 2 is 1.92 bits per heavy atom. The Morgan fingerprint density at radius 3 is 2.42 bits per heavy atom. The van der Waals surface area contributed by atoms with Crippen LogP contribution in [0.1, 0.15) is 12.5 Å². The molecule has 2 rings (SSSR count). The Bertz CT molecular complexity index is 268. The van der Waals surface area contributed by atoms with Gasteiger partial charge >= 0.3 is 0 Å². The highest BCUT2D eigenvalue weighted by Crippen LogP contribution is 2.25. The summed E-state index contributed by atoms with van der Waals surface area (Å²) in [6.07, 6.45) is 1.89. The lowest BCUT2D eigenvalue weighted by molar-refractivity contribution is 0.378. The van der Waals surface area contributed by atoms with E-state index in [2.05, 4.69) is 19.1 Å². The Kier molecular flexibility index (Phi) is 2.07. The van der Waals surface area contributed by atoms with Gasteiger partial charge in [0.2, 0.25) is 0 Å². The molecular formula is C10H11ClO. The lowest BCUT2D eigenvalue weighted by atomic mass is 10.1. The van der Waals surface area contributed by atoms with Gasteiger partial charge in [-0.25, -0.2) is 0 Å². The largest absolute Gasteiger partial charge is 0.370 e. The number of hydrogen-bond acceptors (Lipinski definition) is 1. The average Bonchev–Trinajstić information content (AvgIpc) is 2.72. The molecule has 0 unspecified atom stereocenters. The van der Waals surface area contributed by atoms with Crippen LogP contribution in [0.15, 0.2) is 24.3 Å². The first kappa shape index (κ1) is 8.09. The van der Waals surface area contributed by atoms with Gasteiger partial charge < -0.3 is 4.74 Å². The van der Waals surface area contributed by atoms with Crippen molar-refractivity contribution in [2.75, 3.05) is 0 Å². The monoisotopic (exact) mass is 182 g/mol. The quantitative estimate of drug-likeness (QED) is 0.641. The fourth-order valence-electron chi connectivity index (χ4n) is 1.30. The Morgan fingerprint density at radius 1 is 1.33 bits per heavy atom. The number of benzene rings is 1. The SMILES string of the molecule is C[C@@H]1O[C@H]1Cc1ccc(Cl)cc1. The third kappa shape index (κ3) is 1.79. The van der Waals surface area contributed by atoms with Gasteiger partial charge in [0.05, 0.1) is 12.2 Å². The van der Waals surface area contributed by atoms with Gasteiger partial charge in [-0.1, -0.05) is 23.7 Å². The maximum absolute atomic E-state index is 5.76. The van der Waals surface area contributed by atoms with Gasteiger partial charge in [-0.3, -0.25) is 0 Å². The van der Waals surface area contributed by atoms with Crippen molar-refractivity contribution in [1.82, 2.24) is 0 Å². The van der Waals surface area contributed by atoms with E-state index < -0.39 is 0 Å². The summed E-state index contributed by atoms with van der Waals surface area (Å²) in [6.45, 7) is 2.10. The molecule has 1 heterocycles. The minimum absolute atomic E-state index is 0.436. The normalized spacial score (nSPS) is 27.2. The standard InChI is InChI=1S/C10H11ClO/c1-7-10(12-7)6-8-2-4-9(11)5-3-8/h2-5,7,10H,6H2,1H3/t7-,10-/m0/s1. The van der Waals surface area contributed by atoms with E-state index in [1.165, 1.54) is 5.56 Å². The minimum atomic E-state index is 0.436. The molecule has 0 N–H and O–H groups in total. The number of rotatable bonds is 2. The van der Waals surface area contributed by atoms with Crippen molar-refractivity contribution in [2.24, 2.45) is 0 Å². The third-order valence-corrected chi connectivity index (χ3v) is 2.44. The van der Waals surface area contributed by atoms with Crippen LogP contribution in [0, 0.1) is 0 Å². The maximum atomic E-state index is 5.76. The summed E-state index contributed by atoms with van der Waals surface area (Å²) in [4.78, 5) is 0. The van der Waals surface area contributed by atoms with Crippen LogP contribution in [-0.2, 0) is 11.2 Å². The molecule has 2 atom stereocenters. The fourth-order valence-corrected chi connectivity index (χ4v) is 1.42. The summed E-state index contributed by atoms with van der Waals surface area (Å²) in [5.74, 6) is 0. The van der Waals surface area contributed by atoms with Crippen LogP contribution in [0.2, 0.25) is 5.02 Å². The lowest BCUT2D eigenvalue weighted by Gasteiger charge is -1.96. The van der Waals surface area contributed by atoms with E-state index in [0.29, 0.717) is 12.2 Å². The first-order valence-electron chi connectivity index (χ1n) is 4.15. The summed E-state index contributed by atoms with van der Waals surface area (Å²) in [5.41, 5.74) is 1.30. The molecule has 1 fully saturated rings. The molecule has 2 heteroatoms. The van der Waals surface area contributed by atoms with E-state index in [1.54, 1.807) is 0 Å². The predicted octanol–water partition coefficient (Wildman–Crippen LogP) is 2.67. The van der Waals surface area contributed by atoms with Crippen molar-refractivity contribution in [2.45, 2.75) is 25.6 Å². The number of hydrogen-bond donors (Lipinski definition) is 0. The van der Waals surface area contributed by atoms with E-state index in [9.17, 15) is 0 Å². The van der Waals surface area contributed by atoms with Crippen LogP contribution in [-0.4, -0.2) is 12.2 Å². The van der Waals surface area contributed by atoms with Crippen molar-refractivity contribution in [3.05, 3.63) is 34.9 Å². The van der Waals surface area contributed by atoms with Crippen LogP contribution in [0.3, 0.4) is 0 Å². The van der Waals surface area contributed by atoms with Gasteiger partial charge in [-0.15, -0.1) is 0 Å². The molecule has 0 radical (unpaired) electrons. The van der Waals surface area contributed by atoms with E-state index in [1.807, 2.05) is 12.1 Å². The van der Waals surface area contributed by atoms with Crippen molar-refractivity contribution in [1.29, 1.82) is 0 Å². The number of epoxide rings is 1. The van der Waals surface area contributed by atoms with Gasteiger partial charge in [0.25, 0.3) is 0 Å². The first-order chi connectivity index (χ1) is 5.75. The second kappa shape index (κ2) is 3.08. The van der Waals surface area contributed by atoms with Crippen LogP contribution < -0.4 is 0 Å². The summed E-state index contributed by atoms with van der Waals surface area (Å²) >= 11 is 5.76. The van der Waals surface area contributed by atoms with E-state index in [-0.39, 0.29) is 0 Å². The molecule has 1 aliphatic rings. The zero-order chi connectivity index (χ0) is 8.55. The smallest absolute Gasteiger partial charge is 0.0879 e. The Hall–Kier alpha value is -0.530. The van der Waals surface area contributed by atoms with Gasteiger partial charge in [0.1, 0.15) is 0 Å². The zero-order valence-corrected chi connectivity index (χ0v) is 7.71. The van der Waals surface area contributed by atoms with Gasteiger partial charge in [0, 0.05) is 11.4 Å². The minimum Gasteiger partial charge on any atom is -0.370 e. The highest BCUT2D eigenvalue weighted by molar-refractivity contribution is 6.30. The molecule has 0 spiro atoms. The summed E-state index contributed by atoms with van der Waals surface area (Å²) in [5, 5.41) is 0.795. The van der Waals surface area contributed by atoms with Gasteiger partial charge in [-0.2, -0.15) is 0 Å². The van der Waals surface area contributed by atoms with E-state index in [4.69, 9.17) is 16.3 Å². The molecule has 0 saturated carbocycles. The third-order valence-electron chi connectivity index (χ3n) is 2.19. The molecule has 0 amide bonds. The topological polar surface area (TPSA) is 12.5 Å². The van der Waals surface area contributed by atoms with Crippen LogP contribution in [0.5, 0.6) is 0 Å². The molecule has 64 valence electrons. The lowest BCUT2D eigenvalue weighted by Crippen LogP contribution is -1.95. The number of halogens is 1.